The summed E-state index contributed by atoms with van der Waals surface area (Å²) in [4.78, 5) is 36.5. The van der Waals surface area contributed by atoms with Crippen molar-refractivity contribution in [2.75, 3.05) is 0 Å². The topological polar surface area (TPSA) is 202 Å². The van der Waals surface area contributed by atoms with Crippen molar-refractivity contribution in [1.82, 2.24) is 24.5 Å². The second-order valence-corrected chi connectivity index (χ2v) is 10.1. The van der Waals surface area contributed by atoms with Crippen LogP contribution in [0, 0.1) is 0 Å². The Bertz CT molecular complexity index is 1130. The van der Waals surface area contributed by atoms with Gasteiger partial charge in [0.05, 0.1) is 30.0 Å². The minimum atomic E-state index is -4.29. The normalized spacial score (nSPS) is 26.8. The molecule has 0 saturated carbocycles. The first-order valence-corrected chi connectivity index (χ1v) is 12.0. The van der Waals surface area contributed by atoms with E-state index in [2.05, 4.69) is 15.3 Å². The molecule has 1 saturated heterocycles. The van der Waals surface area contributed by atoms with Crippen molar-refractivity contribution >= 4 is 7.60 Å². The number of hydrogen-bond acceptors (Lipinski definition) is 10. The monoisotopic (exact) mass is 489 g/mol. The van der Waals surface area contributed by atoms with E-state index >= 15 is 0 Å². The summed E-state index contributed by atoms with van der Waals surface area (Å²) >= 11 is 0. The Labute approximate surface area is 187 Å². The van der Waals surface area contributed by atoms with Gasteiger partial charge in [0.1, 0.15) is 12.2 Å². The maximum Gasteiger partial charge on any atom is 0.356 e. The fourth-order valence-electron chi connectivity index (χ4n) is 3.45. The molecule has 0 spiro atoms. The fourth-order valence-corrected chi connectivity index (χ4v) is 4.23. The lowest BCUT2D eigenvalue weighted by Crippen LogP contribution is -2.39. The molecule has 0 aromatic carbocycles. The Kier molecular flexibility index (Phi) is 7.69. The van der Waals surface area contributed by atoms with E-state index < -0.39 is 55.3 Å². The molecule has 7 atom stereocenters. The summed E-state index contributed by atoms with van der Waals surface area (Å²) in [6.45, 7) is 4.45. The molecule has 5 unspecified atom stereocenters. The van der Waals surface area contributed by atoms with Gasteiger partial charge < -0.3 is 29.5 Å². The van der Waals surface area contributed by atoms with Crippen LogP contribution in [0.4, 0.5) is 0 Å². The van der Waals surface area contributed by atoms with E-state index in [1.54, 1.807) is 6.20 Å². The number of aliphatic hydroxyl groups is 3. The van der Waals surface area contributed by atoms with Gasteiger partial charge in [-0.15, -0.1) is 5.10 Å². The molecule has 1 aliphatic heterocycles. The Morgan fingerprint density at radius 1 is 1.27 bits per heavy atom. The zero-order valence-corrected chi connectivity index (χ0v) is 19.2. The van der Waals surface area contributed by atoms with Gasteiger partial charge in [0.15, 0.2) is 12.1 Å². The van der Waals surface area contributed by atoms with E-state index in [0.29, 0.717) is 6.42 Å². The van der Waals surface area contributed by atoms with Gasteiger partial charge in [-0.1, -0.05) is 12.1 Å². The summed E-state index contributed by atoms with van der Waals surface area (Å²) in [5, 5.41) is 38.1. The molecule has 33 heavy (non-hydrogen) atoms. The number of aliphatic hydroxyl groups excluding tert-OH is 3. The quantitative estimate of drug-likeness (QED) is 0.261. The second kappa shape index (κ2) is 9.97. The Morgan fingerprint density at radius 3 is 2.58 bits per heavy atom. The van der Waals surface area contributed by atoms with Crippen LogP contribution in [0.5, 0.6) is 0 Å². The predicted molar refractivity (Wildman–Crippen MR) is 112 cm³/mol. The van der Waals surface area contributed by atoms with Gasteiger partial charge in [-0.2, -0.15) is 0 Å². The molecule has 2 aromatic heterocycles. The molecule has 0 bridgehead atoms. The highest BCUT2D eigenvalue weighted by Gasteiger charge is 2.45. The molecular formula is C18H28N5O9P. The predicted octanol–water partition coefficient (Wildman–Crippen LogP) is -1.32. The standard InChI is InChI=1S/C18H28N5O9P/c1-4-12-8-22(21-20-12)6-11-7-23(18(28)19-16(11)27)17-15(26)14(25)13(31-17)5-9(2)32-33(29,30)10(3)24/h7-10,13-15,17,24-26H,4-6H2,1-3H3,(H,29,30)(H,19,27,28)/t9?,10?,13-,14?,15?,17-/m1/s1. The second-order valence-electron chi connectivity index (χ2n) is 7.98. The lowest BCUT2D eigenvalue weighted by atomic mass is 10.1. The number of rotatable bonds is 9. The number of nitrogens with zero attached hydrogens (tertiary/aromatic N) is 4. The van der Waals surface area contributed by atoms with Crippen LogP contribution in [0.15, 0.2) is 22.0 Å². The van der Waals surface area contributed by atoms with Gasteiger partial charge in [0, 0.05) is 18.8 Å². The fraction of sp³-hybridized carbons (Fsp3) is 0.667. The maximum atomic E-state index is 12.4. The van der Waals surface area contributed by atoms with Gasteiger partial charge in [-0.3, -0.25) is 18.9 Å². The maximum absolute atomic E-state index is 12.4. The zero-order chi connectivity index (χ0) is 24.5. The zero-order valence-electron chi connectivity index (χ0n) is 18.3. The molecule has 0 aliphatic carbocycles. The highest BCUT2D eigenvalue weighted by molar-refractivity contribution is 7.53. The van der Waals surface area contributed by atoms with Crippen molar-refractivity contribution in [1.29, 1.82) is 0 Å². The van der Waals surface area contributed by atoms with Gasteiger partial charge in [-0.05, 0) is 20.3 Å². The number of nitrogens with one attached hydrogen (secondary N) is 1. The van der Waals surface area contributed by atoms with E-state index in [-0.39, 0.29) is 18.5 Å². The van der Waals surface area contributed by atoms with E-state index in [4.69, 9.17) is 9.26 Å². The average Bonchev–Trinajstić information content (AvgIpc) is 3.29. The van der Waals surface area contributed by atoms with Crippen LogP contribution in [0.3, 0.4) is 0 Å². The average molecular weight is 489 g/mol. The van der Waals surface area contributed by atoms with Crippen LogP contribution < -0.4 is 11.2 Å². The molecular weight excluding hydrogens is 461 g/mol. The molecule has 0 amide bonds. The van der Waals surface area contributed by atoms with E-state index in [0.717, 1.165) is 17.2 Å². The number of aromatic amines is 1. The summed E-state index contributed by atoms with van der Waals surface area (Å²) in [6.07, 6.45) is -2.89. The summed E-state index contributed by atoms with van der Waals surface area (Å²) in [6, 6.07) is 0. The largest absolute Gasteiger partial charge is 0.388 e. The van der Waals surface area contributed by atoms with Crippen molar-refractivity contribution in [3.63, 3.8) is 0 Å². The highest BCUT2D eigenvalue weighted by Crippen LogP contribution is 2.48. The summed E-state index contributed by atoms with van der Waals surface area (Å²) in [5.74, 6) is -1.61. The Balaban J connectivity index is 1.79. The van der Waals surface area contributed by atoms with Crippen molar-refractivity contribution in [3.05, 3.63) is 44.5 Å². The molecule has 184 valence electrons. The van der Waals surface area contributed by atoms with Gasteiger partial charge >= 0.3 is 13.3 Å². The minimum absolute atomic E-state index is 0.00736. The molecule has 2 aromatic rings. The highest BCUT2D eigenvalue weighted by atomic mass is 31.2. The van der Waals surface area contributed by atoms with Gasteiger partial charge in [0.25, 0.3) is 5.56 Å². The first-order chi connectivity index (χ1) is 15.4. The number of H-pyrrole nitrogens is 1. The van der Waals surface area contributed by atoms with Crippen LogP contribution in [-0.4, -0.2) is 75.0 Å². The number of aromatic nitrogens is 5. The SMILES string of the molecule is CCc1cn(Cc2cn([C@@H]3O[C@H](CC(C)OP(=O)(O)C(C)O)C(O)C3O)c(=O)[nH]c2=O)nn1. The Morgan fingerprint density at radius 2 is 1.97 bits per heavy atom. The molecule has 1 aliphatic rings. The Hall–Kier alpha value is -2.19. The summed E-state index contributed by atoms with van der Waals surface area (Å²) in [7, 11) is -4.29. The summed E-state index contributed by atoms with van der Waals surface area (Å²) in [5.41, 5.74) is -0.634. The molecule has 14 nitrogen and oxygen atoms in total. The molecule has 5 N–H and O–H groups in total. The van der Waals surface area contributed by atoms with Crippen LogP contribution in [0.1, 0.15) is 44.7 Å². The lowest BCUT2D eigenvalue weighted by molar-refractivity contribution is -0.0505. The van der Waals surface area contributed by atoms with Crippen LogP contribution in [0.25, 0.3) is 0 Å². The van der Waals surface area contributed by atoms with Crippen molar-refractivity contribution in [2.24, 2.45) is 0 Å². The van der Waals surface area contributed by atoms with E-state index in [9.17, 15) is 34.4 Å². The van der Waals surface area contributed by atoms with Gasteiger partial charge in [0.2, 0.25) is 0 Å². The van der Waals surface area contributed by atoms with E-state index in [1.807, 2.05) is 6.92 Å². The number of ether oxygens (including phenoxy) is 1. The molecule has 3 rings (SSSR count). The smallest absolute Gasteiger partial charge is 0.356 e. The van der Waals surface area contributed by atoms with Crippen LogP contribution >= 0.6 is 7.60 Å². The minimum Gasteiger partial charge on any atom is -0.388 e. The first-order valence-electron chi connectivity index (χ1n) is 10.4. The molecule has 1 fully saturated rings. The third-order valence-corrected chi connectivity index (χ3v) is 6.91. The van der Waals surface area contributed by atoms with Crippen LogP contribution in [-0.2, 0) is 26.8 Å². The van der Waals surface area contributed by atoms with Crippen molar-refractivity contribution in [3.8, 4) is 0 Å². The number of aryl methyl sites for hydroxylation is 1. The van der Waals surface area contributed by atoms with Crippen LogP contribution in [0.2, 0.25) is 0 Å². The number of hydrogen-bond donors (Lipinski definition) is 5. The third kappa shape index (κ3) is 5.66. The van der Waals surface area contributed by atoms with Crippen molar-refractivity contribution < 1.29 is 34.0 Å². The van der Waals surface area contributed by atoms with Gasteiger partial charge in [-0.25, -0.2) is 9.48 Å². The third-order valence-electron chi connectivity index (χ3n) is 5.30. The van der Waals surface area contributed by atoms with E-state index in [1.165, 1.54) is 17.8 Å². The molecule has 3 heterocycles. The summed E-state index contributed by atoms with van der Waals surface area (Å²) < 4.78 is 24.9. The lowest BCUT2D eigenvalue weighted by Gasteiger charge is -2.23. The molecule has 15 heteroatoms. The van der Waals surface area contributed by atoms with Crippen molar-refractivity contribution in [2.45, 2.75) is 76.6 Å². The molecule has 0 radical (unpaired) electrons. The first kappa shape index (κ1) is 25.4.